The number of carbonyl (C=O) groups is 3. The van der Waals surface area contributed by atoms with Crippen molar-refractivity contribution in [2.75, 3.05) is 13.1 Å². The first-order valence-corrected chi connectivity index (χ1v) is 7.37. The van der Waals surface area contributed by atoms with Crippen molar-refractivity contribution in [3.05, 3.63) is 35.4 Å². The SMILES string of the molecule is C[C@@H](C(=O)N1CCCCC1)N1C(=O)c2ccccc2C1=O. The highest BCUT2D eigenvalue weighted by Gasteiger charge is 2.41. The second-order valence-electron chi connectivity index (χ2n) is 5.59. The van der Waals surface area contributed by atoms with Gasteiger partial charge in [0.2, 0.25) is 5.91 Å². The molecule has 0 saturated carbocycles. The number of hydrogen-bond acceptors (Lipinski definition) is 3. The molecule has 3 rings (SSSR count). The van der Waals surface area contributed by atoms with Gasteiger partial charge in [0.25, 0.3) is 11.8 Å². The Hall–Kier alpha value is -2.17. The Bertz CT molecular complexity index is 570. The van der Waals surface area contributed by atoms with E-state index in [0.29, 0.717) is 24.2 Å². The minimum Gasteiger partial charge on any atom is -0.341 e. The third kappa shape index (κ3) is 2.22. The fourth-order valence-corrected chi connectivity index (χ4v) is 3.05. The van der Waals surface area contributed by atoms with Crippen molar-refractivity contribution in [2.24, 2.45) is 0 Å². The maximum absolute atomic E-state index is 12.5. The third-order valence-electron chi connectivity index (χ3n) is 4.24. The van der Waals surface area contributed by atoms with E-state index in [1.807, 2.05) is 0 Å². The molecule has 0 radical (unpaired) electrons. The molecule has 2 heterocycles. The van der Waals surface area contributed by atoms with Crippen molar-refractivity contribution in [1.82, 2.24) is 9.80 Å². The van der Waals surface area contributed by atoms with E-state index < -0.39 is 6.04 Å². The minimum atomic E-state index is -0.740. The molecule has 2 aliphatic rings. The van der Waals surface area contributed by atoms with Crippen LogP contribution >= 0.6 is 0 Å². The maximum Gasteiger partial charge on any atom is 0.262 e. The molecule has 1 aromatic rings. The number of piperidine rings is 1. The monoisotopic (exact) mass is 286 g/mol. The molecule has 0 bridgehead atoms. The fraction of sp³-hybridized carbons (Fsp3) is 0.438. The van der Waals surface area contributed by atoms with Crippen LogP contribution in [0.25, 0.3) is 0 Å². The molecular formula is C16H18N2O3. The Balaban J connectivity index is 1.83. The molecule has 1 aromatic carbocycles. The Morgan fingerprint density at radius 3 is 2.05 bits per heavy atom. The van der Waals surface area contributed by atoms with Crippen molar-refractivity contribution < 1.29 is 14.4 Å². The van der Waals surface area contributed by atoms with Gasteiger partial charge in [-0.05, 0) is 38.3 Å². The Kier molecular flexibility index (Phi) is 3.49. The lowest BCUT2D eigenvalue weighted by Gasteiger charge is -2.31. The zero-order chi connectivity index (χ0) is 15.0. The highest BCUT2D eigenvalue weighted by molar-refractivity contribution is 6.22. The number of benzene rings is 1. The summed E-state index contributed by atoms with van der Waals surface area (Å²) in [5, 5.41) is 0. The van der Waals surface area contributed by atoms with Crippen molar-refractivity contribution in [3.63, 3.8) is 0 Å². The summed E-state index contributed by atoms with van der Waals surface area (Å²) in [6.45, 7) is 3.07. The van der Waals surface area contributed by atoms with E-state index in [0.717, 1.165) is 24.2 Å². The van der Waals surface area contributed by atoms with Gasteiger partial charge < -0.3 is 4.90 Å². The quantitative estimate of drug-likeness (QED) is 0.777. The molecule has 5 nitrogen and oxygen atoms in total. The molecule has 110 valence electrons. The largest absolute Gasteiger partial charge is 0.341 e. The van der Waals surface area contributed by atoms with Crippen LogP contribution in [0, 0.1) is 0 Å². The first-order chi connectivity index (χ1) is 10.1. The Morgan fingerprint density at radius 1 is 1.00 bits per heavy atom. The summed E-state index contributed by atoms with van der Waals surface area (Å²) in [5.74, 6) is -0.869. The van der Waals surface area contributed by atoms with Crippen LogP contribution in [-0.2, 0) is 4.79 Å². The van der Waals surface area contributed by atoms with Crippen LogP contribution in [-0.4, -0.2) is 46.7 Å². The van der Waals surface area contributed by atoms with Gasteiger partial charge >= 0.3 is 0 Å². The summed E-state index contributed by atoms with van der Waals surface area (Å²) in [6.07, 6.45) is 3.10. The van der Waals surface area contributed by atoms with E-state index >= 15 is 0 Å². The van der Waals surface area contributed by atoms with E-state index in [1.54, 1.807) is 36.1 Å². The lowest BCUT2D eigenvalue weighted by Crippen LogP contribution is -2.50. The summed E-state index contributed by atoms with van der Waals surface area (Å²) in [5.41, 5.74) is 0.779. The highest BCUT2D eigenvalue weighted by Crippen LogP contribution is 2.25. The predicted molar refractivity (Wildman–Crippen MR) is 76.8 cm³/mol. The standard InChI is InChI=1S/C16H18N2O3/c1-11(14(19)17-9-5-2-6-10-17)18-15(20)12-7-3-4-8-13(12)16(18)21/h3-4,7-8,11H,2,5-6,9-10H2,1H3/t11-/m0/s1. The van der Waals surface area contributed by atoms with Crippen LogP contribution in [0.3, 0.4) is 0 Å². The number of fused-ring (bicyclic) bond motifs is 1. The molecular weight excluding hydrogens is 268 g/mol. The summed E-state index contributed by atoms with van der Waals surface area (Å²) in [6, 6.07) is 5.98. The van der Waals surface area contributed by atoms with Gasteiger partial charge in [-0.15, -0.1) is 0 Å². The fourth-order valence-electron chi connectivity index (χ4n) is 3.05. The second-order valence-corrected chi connectivity index (χ2v) is 5.59. The molecule has 0 aromatic heterocycles. The molecule has 21 heavy (non-hydrogen) atoms. The van der Waals surface area contributed by atoms with Crippen LogP contribution in [0.15, 0.2) is 24.3 Å². The average Bonchev–Trinajstić information content (AvgIpc) is 2.79. The van der Waals surface area contributed by atoms with Gasteiger partial charge in [0.15, 0.2) is 0 Å². The van der Waals surface area contributed by atoms with Gasteiger partial charge in [0.1, 0.15) is 6.04 Å². The molecule has 5 heteroatoms. The van der Waals surface area contributed by atoms with E-state index in [9.17, 15) is 14.4 Å². The molecule has 3 amide bonds. The van der Waals surface area contributed by atoms with Crippen molar-refractivity contribution in [2.45, 2.75) is 32.2 Å². The van der Waals surface area contributed by atoms with Crippen LogP contribution < -0.4 is 0 Å². The lowest BCUT2D eigenvalue weighted by atomic mass is 10.1. The number of likely N-dealkylation sites (tertiary alicyclic amines) is 1. The lowest BCUT2D eigenvalue weighted by molar-refractivity contribution is -0.135. The zero-order valence-electron chi connectivity index (χ0n) is 12.0. The average molecular weight is 286 g/mol. The number of amides is 3. The van der Waals surface area contributed by atoms with Crippen LogP contribution in [0.5, 0.6) is 0 Å². The first-order valence-electron chi connectivity index (χ1n) is 7.37. The molecule has 0 unspecified atom stereocenters. The van der Waals surface area contributed by atoms with Crippen molar-refractivity contribution in [1.29, 1.82) is 0 Å². The Labute approximate surface area is 123 Å². The summed E-state index contributed by atoms with van der Waals surface area (Å²) in [7, 11) is 0. The second kappa shape index (κ2) is 5.31. The molecule has 0 spiro atoms. The predicted octanol–water partition coefficient (Wildman–Crippen LogP) is 1.68. The summed E-state index contributed by atoms with van der Waals surface area (Å²) in [4.78, 5) is 40.1. The van der Waals surface area contributed by atoms with Crippen molar-refractivity contribution in [3.8, 4) is 0 Å². The maximum atomic E-state index is 12.5. The Morgan fingerprint density at radius 2 is 1.52 bits per heavy atom. The number of carbonyl (C=O) groups excluding carboxylic acids is 3. The number of nitrogens with zero attached hydrogens (tertiary/aromatic N) is 2. The van der Waals surface area contributed by atoms with Crippen LogP contribution in [0.4, 0.5) is 0 Å². The molecule has 1 fully saturated rings. The highest BCUT2D eigenvalue weighted by atomic mass is 16.2. The number of imide groups is 1. The summed E-state index contributed by atoms with van der Waals surface area (Å²) >= 11 is 0. The third-order valence-corrected chi connectivity index (χ3v) is 4.24. The van der Waals surface area contributed by atoms with Crippen LogP contribution in [0.1, 0.15) is 46.9 Å². The van der Waals surface area contributed by atoms with E-state index in [4.69, 9.17) is 0 Å². The van der Waals surface area contributed by atoms with Crippen LogP contribution in [0.2, 0.25) is 0 Å². The van der Waals surface area contributed by atoms with Gasteiger partial charge in [0, 0.05) is 13.1 Å². The van der Waals surface area contributed by atoms with Gasteiger partial charge in [-0.3, -0.25) is 19.3 Å². The first kappa shape index (κ1) is 13.8. The molecule has 0 N–H and O–H groups in total. The number of hydrogen-bond donors (Lipinski definition) is 0. The molecule has 0 aliphatic carbocycles. The van der Waals surface area contributed by atoms with Gasteiger partial charge in [-0.25, -0.2) is 0 Å². The van der Waals surface area contributed by atoms with Crippen molar-refractivity contribution >= 4 is 17.7 Å². The molecule has 1 atom stereocenters. The zero-order valence-corrected chi connectivity index (χ0v) is 12.0. The smallest absolute Gasteiger partial charge is 0.262 e. The van der Waals surface area contributed by atoms with Gasteiger partial charge in [-0.2, -0.15) is 0 Å². The number of rotatable bonds is 2. The van der Waals surface area contributed by atoms with Gasteiger partial charge in [-0.1, -0.05) is 12.1 Å². The molecule has 2 aliphatic heterocycles. The summed E-state index contributed by atoms with van der Waals surface area (Å²) < 4.78 is 0. The minimum absolute atomic E-state index is 0.135. The normalized spacial score (nSPS) is 19.7. The van der Waals surface area contributed by atoms with E-state index in [1.165, 1.54) is 0 Å². The molecule has 1 saturated heterocycles. The van der Waals surface area contributed by atoms with E-state index in [-0.39, 0.29) is 17.7 Å². The van der Waals surface area contributed by atoms with Gasteiger partial charge in [0.05, 0.1) is 11.1 Å². The van der Waals surface area contributed by atoms with E-state index in [2.05, 4.69) is 0 Å². The topological polar surface area (TPSA) is 57.7 Å².